The lowest BCUT2D eigenvalue weighted by molar-refractivity contribution is -0.137. The van der Waals surface area contributed by atoms with Gasteiger partial charge in [-0.3, -0.25) is 9.78 Å². The molecule has 0 aliphatic heterocycles. The van der Waals surface area contributed by atoms with Crippen LogP contribution in [0.4, 0.5) is 0 Å². The number of aliphatic carboxylic acids is 1. The van der Waals surface area contributed by atoms with Crippen molar-refractivity contribution in [3.63, 3.8) is 0 Å². The average molecular weight is 306 g/mol. The Bertz CT molecular complexity index is 543. The normalized spacial score (nSPS) is 12.1. The van der Waals surface area contributed by atoms with E-state index in [1.165, 1.54) is 0 Å². The molecule has 2 rings (SSSR count). The van der Waals surface area contributed by atoms with E-state index >= 15 is 0 Å². The number of carboxylic acid groups (broad SMARTS) is 1. The predicted octanol–water partition coefficient (Wildman–Crippen LogP) is 3.45. The van der Waals surface area contributed by atoms with Crippen molar-refractivity contribution < 1.29 is 9.90 Å². The lowest BCUT2D eigenvalue weighted by atomic mass is 9.92. The van der Waals surface area contributed by atoms with E-state index in [9.17, 15) is 4.79 Å². The van der Waals surface area contributed by atoms with Crippen molar-refractivity contribution in [2.24, 2.45) is 0 Å². The van der Waals surface area contributed by atoms with Gasteiger partial charge in [-0.05, 0) is 23.8 Å². The van der Waals surface area contributed by atoms with Crippen LogP contribution >= 0.6 is 15.9 Å². The van der Waals surface area contributed by atoms with Gasteiger partial charge in [0.2, 0.25) is 0 Å². The summed E-state index contributed by atoms with van der Waals surface area (Å²) in [4.78, 5) is 15.3. The first-order valence-electron chi connectivity index (χ1n) is 5.55. The predicted molar refractivity (Wildman–Crippen MR) is 72.5 cm³/mol. The molecule has 1 unspecified atom stereocenters. The molecule has 1 aromatic heterocycles. The Morgan fingerprint density at radius 1 is 1.22 bits per heavy atom. The number of nitrogens with zero attached hydrogens (tertiary/aromatic N) is 1. The Morgan fingerprint density at radius 3 is 2.56 bits per heavy atom. The lowest BCUT2D eigenvalue weighted by Gasteiger charge is -2.16. The largest absolute Gasteiger partial charge is 0.481 e. The molecule has 0 amide bonds. The van der Waals surface area contributed by atoms with Crippen molar-refractivity contribution in [2.45, 2.75) is 12.3 Å². The van der Waals surface area contributed by atoms with Gasteiger partial charge in [0.05, 0.1) is 6.42 Å². The number of rotatable bonds is 4. The third-order valence-electron chi connectivity index (χ3n) is 2.70. The molecule has 0 saturated carbocycles. The molecule has 0 radical (unpaired) electrons. The fraction of sp³-hybridized carbons (Fsp3) is 0.143. The fourth-order valence-corrected chi connectivity index (χ4v) is 2.45. The number of carboxylic acids is 1. The number of aromatic nitrogens is 1. The van der Waals surface area contributed by atoms with Crippen LogP contribution in [0.1, 0.15) is 23.6 Å². The van der Waals surface area contributed by atoms with E-state index in [-0.39, 0.29) is 12.3 Å². The number of hydrogen-bond acceptors (Lipinski definition) is 2. The van der Waals surface area contributed by atoms with Crippen LogP contribution in [0, 0.1) is 0 Å². The maximum Gasteiger partial charge on any atom is 0.304 e. The van der Waals surface area contributed by atoms with Crippen LogP contribution in [0.2, 0.25) is 0 Å². The summed E-state index contributed by atoms with van der Waals surface area (Å²) in [5.74, 6) is -1.07. The first-order chi connectivity index (χ1) is 8.68. The van der Waals surface area contributed by atoms with Gasteiger partial charge in [-0.15, -0.1) is 0 Å². The quantitative estimate of drug-likeness (QED) is 0.941. The second-order valence-electron chi connectivity index (χ2n) is 3.93. The Labute approximate surface area is 114 Å². The van der Waals surface area contributed by atoms with Gasteiger partial charge in [0, 0.05) is 22.3 Å². The minimum absolute atomic E-state index is 0.0274. The molecule has 1 aromatic carbocycles. The van der Waals surface area contributed by atoms with E-state index in [0.717, 1.165) is 15.7 Å². The van der Waals surface area contributed by atoms with E-state index in [4.69, 9.17) is 5.11 Å². The zero-order chi connectivity index (χ0) is 13.0. The van der Waals surface area contributed by atoms with Crippen molar-refractivity contribution in [2.75, 3.05) is 0 Å². The standard InChI is InChI=1S/C14H12BrNO2/c15-12-6-2-1-5-10(12)11(9-14(17)18)13-7-3-4-8-16-13/h1-8,11H,9H2,(H,17,18). The van der Waals surface area contributed by atoms with E-state index in [1.54, 1.807) is 6.20 Å². The first-order valence-corrected chi connectivity index (χ1v) is 6.35. The summed E-state index contributed by atoms with van der Waals surface area (Å²) >= 11 is 3.46. The highest BCUT2D eigenvalue weighted by Gasteiger charge is 2.20. The van der Waals surface area contributed by atoms with Crippen LogP contribution in [0.3, 0.4) is 0 Å². The molecule has 3 nitrogen and oxygen atoms in total. The van der Waals surface area contributed by atoms with Gasteiger partial charge in [0.1, 0.15) is 0 Å². The van der Waals surface area contributed by atoms with Gasteiger partial charge >= 0.3 is 5.97 Å². The molecule has 1 heterocycles. The zero-order valence-corrected chi connectivity index (χ0v) is 11.2. The highest BCUT2D eigenvalue weighted by atomic mass is 79.9. The summed E-state index contributed by atoms with van der Waals surface area (Å²) in [6.45, 7) is 0. The highest BCUT2D eigenvalue weighted by molar-refractivity contribution is 9.10. The van der Waals surface area contributed by atoms with Gasteiger partial charge < -0.3 is 5.11 Å². The van der Waals surface area contributed by atoms with Gasteiger partial charge in [0.15, 0.2) is 0 Å². The maximum absolute atomic E-state index is 11.0. The highest BCUT2D eigenvalue weighted by Crippen LogP contribution is 2.31. The van der Waals surface area contributed by atoms with Gasteiger partial charge in [0.25, 0.3) is 0 Å². The SMILES string of the molecule is O=C(O)CC(c1ccccn1)c1ccccc1Br. The topological polar surface area (TPSA) is 50.2 Å². The Balaban J connectivity index is 2.44. The van der Waals surface area contributed by atoms with E-state index in [1.807, 2.05) is 42.5 Å². The Hall–Kier alpha value is -1.68. The molecule has 1 atom stereocenters. The maximum atomic E-state index is 11.0. The Morgan fingerprint density at radius 2 is 1.94 bits per heavy atom. The van der Waals surface area contributed by atoms with Crippen molar-refractivity contribution in [1.82, 2.24) is 4.98 Å². The third kappa shape index (κ3) is 2.96. The molecular formula is C14H12BrNO2. The van der Waals surface area contributed by atoms with Gasteiger partial charge in [-0.2, -0.15) is 0 Å². The number of pyridine rings is 1. The van der Waals surface area contributed by atoms with Gasteiger partial charge in [-0.1, -0.05) is 40.2 Å². The molecule has 2 aromatic rings. The van der Waals surface area contributed by atoms with Crippen molar-refractivity contribution in [1.29, 1.82) is 0 Å². The minimum Gasteiger partial charge on any atom is -0.481 e. The third-order valence-corrected chi connectivity index (χ3v) is 3.43. The molecule has 1 N–H and O–H groups in total. The molecule has 92 valence electrons. The molecule has 0 spiro atoms. The van der Waals surface area contributed by atoms with Crippen LogP contribution < -0.4 is 0 Å². The summed E-state index contributed by atoms with van der Waals surface area (Å²) in [7, 11) is 0. The summed E-state index contributed by atoms with van der Waals surface area (Å²) < 4.78 is 0.905. The van der Waals surface area contributed by atoms with E-state index in [2.05, 4.69) is 20.9 Å². The van der Waals surface area contributed by atoms with Crippen molar-refractivity contribution in [3.05, 3.63) is 64.4 Å². The fourth-order valence-electron chi connectivity index (χ4n) is 1.89. The van der Waals surface area contributed by atoms with Crippen LogP contribution in [-0.2, 0) is 4.79 Å². The molecule has 0 saturated heterocycles. The monoisotopic (exact) mass is 305 g/mol. The van der Waals surface area contributed by atoms with Crippen molar-refractivity contribution >= 4 is 21.9 Å². The van der Waals surface area contributed by atoms with Crippen LogP contribution in [-0.4, -0.2) is 16.1 Å². The number of halogens is 1. The second-order valence-corrected chi connectivity index (χ2v) is 4.78. The number of carbonyl (C=O) groups is 1. The molecule has 0 aliphatic carbocycles. The minimum atomic E-state index is -0.832. The van der Waals surface area contributed by atoms with Crippen LogP contribution in [0.25, 0.3) is 0 Å². The Kier molecular flexibility index (Phi) is 4.10. The number of benzene rings is 1. The molecule has 0 aliphatic rings. The van der Waals surface area contributed by atoms with Crippen LogP contribution in [0.5, 0.6) is 0 Å². The molecule has 0 bridgehead atoms. The molecule has 18 heavy (non-hydrogen) atoms. The van der Waals surface area contributed by atoms with Crippen LogP contribution in [0.15, 0.2) is 53.1 Å². The summed E-state index contributed by atoms with van der Waals surface area (Å²) in [5, 5.41) is 9.05. The number of hydrogen-bond donors (Lipinski definition) is 1. The summed E-state index contributed by atoms with van der Waals surface area (Å²) in [6.07, 6.45) is 1.71. The lowest BCUT2D eigenvalue weighted by Crippen LogP contribution is -2.09. The molecule has 4 heteroatoms. The second kappa shape index (κ2) is 5.78. The van der Waals surface area contributed by atoms with Crippen molar-refractivity contribution in [3.8, 4) is 0 Å². The van der Waals surface area contributed by atoms with Gasteiger partial charge in [-0.25, -0.2) is 0 Å². The average Bonchev–Trinajstić information content (AvgIpc) is 2.38. The molecular weight excluding hydrogens is 294 g/mol. The zero-order valence-electron chi connectivity index (χ0n) is 9.58. The van der Waals surface area contributed by atoms with E-state index in [0.29, 0.717) is 0 Å². The summed E-state index contributed by atoms with van der Waals surface area (Å²) in [6, 6.07) is 13.2. The smallest absolute Gasteiger partial charge is 0.304 e. The first kappa shape index (κ1) is 12.8. The van der Waals surface area contributed by atoms with E-state index < -0.39 is 5.97 Å². The molecule has 0 fully saturated rings. The summed E-state index contributed by atoms with van der Waals surface area (Å²) in [5.41, 5.74) is 1.71.